The lowest BCUT2D eigenvalue weighted by Gasteiger charge is -2.43. The number of amides is 4. The van der Waals surface area contributed by atoms with Gasteiger partial charge < -0.3 is 14.5 Å². The fourth-order valence-electron chi connectivity index (χ4n) is 4.89. The molecule has 2 saturated heterocycles. The third-order valence-corrected chi connectivity index (χ3v) is 6.88. The second kappa shape index (κ2) is 8.56. The second-order valence-electron chi connectivity index (χ2n) is 9.86. The number of carbonyl (C=O) groups excluding carboxylic acids is 4. The average molecular weight is 481 g/mol. The molecule has 0 bridgehead atoms. The standard InChI is InChI=1S/C24H28N6O5/c1-4-15-12-35-24(2,3)13-29(15)23(34)18-11-30(27-26-18)16-6-5-14-10-28(22(33)17(14)9-16)19-7-8-20(31)25-21(19)32/h5-6,9,11,15,19H,4,7-8,10,12-13H2,1-3H3,(H,25,31,32). The highest BCUT2D eigenvalue weighted by Crippen LogP contribution is 2.29. The maximum absolute atomic E-state index is 13.2. The first-order chi connectivity index (χ1) is 16.7. The van der Waals surface area contributed by atoms with Crippen molar-refractivity contribution < 1.29 is 23.9 Å². The largest absolute Gasteiger partial charge is 0.372 e. The zero-order valence-corrected chi connectivity index (χ0v) is 20.0. The predicted molar refractivity (Wildman–Crippen MR) is 123 cm³/mol. The summed E-state index contributed by atoms with van der Waals surface area (Å²) in [5.74, 6) is -1.24. The van der Waals surface area contributed by atoms with E-state index in [-0.39, 0.29) is 35.9 Å². The molecule has 0 saturated carbocycles. The minimum absolute atomic E-state index is 0.0310. The Hall–Kier alpha value is -3.60. The van der Waals surface area contributed by atoms with E-state index in [0.29, 0.717) is 37.4 Å². The number of nitrogens with one attached hydrogen (secondary N) is 1. The average Bonchev–Trinajstić information content (AvgIpc) is 3.43. The summed E-state index contributed by atoms with van der Waals surface area (Å²) in [5.41, 5.74) is 1.63. The number of fused-ring (bicyclic) bond motifs is 1. The van der Waals surface area contributed by atoms with E-state index in [9.17, 15) is 19.2 Å². The van der Waals surface area contributed by atoms with Gasteiger partial charge in [0, 0.05) is 25.1 Å². The van der Waals surface area contributed by atoms with Gasteiger partial charge in [-0.15, -0.1) is 5.10 Å². The van der Waals surface area contributed by atoms with Crippen molar-refractivity contribution in [1.82, 2.24) is 30.1 Å². The summed E-state index contributed by atoms with van der Waals surface area (Å²) in [4.78, 5) is 53.4. The Morgan fingerprint density at radius 2 is 2.06 bits per heavy atom. The summed E-state index contributed by atoms with van der Waals surface area (Å²) in [6.45, 7) is 7.15. The van der Waals surface area contributed by atoms with Gasteiger partial charge in [0.15, 0.2) is 5.69 Å². The summed E-state index contributed by atoms with van der Waals surface area (Å²) in [6.07, 6.45) is 2.85. The van der Waals surface area contributed by atoms with Crippen molar-refractivity contribution in [3.8, 4) is 5.69 Å². The molecule has 1 aromatic carbocycles. The van der Waals surface area contributed by atoms with Crippen molar-refractivity contribution in [2.75, 3.05) is 13.2 Å². The van der Waals surface area contributed by atoms with Gasteiger partial charge in [-0.3, -0.25) is 24.5 Å². The van der Waals surface area contributed by atoms with E-state index in [2.05, 4.69) is 15.6 Å². The Kier molecular flexibility index (Phi) is 5.66. The molecule has 0 radical (unpaired) electrons. The van der Waals surface area contributed by atoms with Crippen LogP contribution in [0.2, 0.25) is 0 Å². The topological polar surface area (TPSA) is 127 Å². The lowest BCUT2D eigenvalue weighted by Crippen LogP contribution is -2.56. The number of morpholine rings is 1. The minimum atomic E-state index is -0.670. The Labute approximate surface area is 202 Å². The van der Waals surface area contributed by atoms with Crippen LogP contribution < -0.4 is 5.32 Å². The molecule has 5 rings (SSSR count). The van der Waals surface area contributed by atoms with Crippen LogP contribution in [0, 0.1) is 0 Å². The SMILES string of the molecule is CCC1COC(C)(C)CN1C(=O)c1cn(-c2ccc3c(c2)C(=O)N(C2CCC(=O)NC2=O)C3)nn1. The first-order valence-corrected chi connectivity index (χ1v) is 11.8. The molecule has 1 N–H and O–H groups in total. The monoisotopic (exact) mass is 480 g/mol. The smallest absolute Gasteiger partial charge is 0.276 e. The van der Waals surface area contributed by atoms with Crippen LogP contribution in [0.1, 0.15) is 66.4 Å². The van der Waals surface area contributed by atoms with E-state index >= 15 is 0 Å². The summed E-state index contributed by atoms with van der Waals surface area (Å²) in [7, 11) is 0. The van der Waals surface area contributed by atoms with Crippen LogP contribution in [0.3, 0.4) is 0 Å². The van der Waals surface area contributed by atoms with E-state index < -0.39 is 17.6 Å². The van der Waals surface area contributed by atoms with Crippen LogP contribution in [0.4, 0.5) is 0 Å². The van der Waals surface area contributed by atoms with Gasteiger partial charge in [0.2, 0.25) is 11.8 Å². The molecule has 2 unspecified atom stereocenters. The highest BCUT2D eigenvalue weighted by atomic mass is 16.5. The van der Waals surface area contributed by atoms with E-state index in [4.69, 9.17) is 4.74 Å². The first kappa shape index (κ1) is 23.2. The highest BCUT2D eigenvalue weighted by Gasteiger charge is 2.40. The normalized spacial score (nSPS) is 23.9. The van der Waals surface area contributed by atoms with Crippen LogP contribution >= 0.6 is 0 Å². The van der Waals surface area contributed by atoms with Crippen LogP contribution in [-0.4, -0.2) is 79.3 Å². The van der Waals surface area contributed by atoms with Crippen molar-refractivity contribution >= 4 is 23.6 Å². The summed E-state index contributed by atoms with van der Waals surface area (Å²) in [5, 5.41) is 10.5. The number of aromatic nitrogens is 3. The van der Waals surface area contributed by atoms with E-state index in [1.54, 1.807) is 23.2 Å². The third kappa shape index (κ3) is 4.20. The van der Waals surface area contributed by atoms with Crippen molar-refractivity contribution in [1.29, 1.82) is 0 Å². The molecule has 3 aliphatic rings. The van der Waals surface area contributed by atoms with Gasteiger partial charge in [0.05, 0.1) is 30.1 Å². The molecule has 0 aliphatic carbocycles. The molecular formula is C24H28N6O5. The number of imide groups is 1. The molecule has 4 heterocycles. The zero-order chi connectivity index (χ0) is 24.9. The van der Waals surface area contributed by atoms with Gasteiger partial charge in [-0.2, -0.15) is 0 Å². The summed E-state index contributed by atoms with van der Waals surface area (Å²) >= 11 is 0. The fourth-order valence-corrected chi connectivity index (χ4v) is 4.89. The zero-order valence-electron chi connectivity index (χ0n) is 20.0. The third-order valence-electron chi connectivity index (χ3n) is 6.88. The molecule has 184 valence electrons. The Balaban J connectivity index is 1.35. The van der Waals surface area contributed by atoms with Gasteiger partial charge in [0.25, 0.3) is 11.8 Å². The Morgan fingerprint density at radius 3 is 2.80 bits per heavy atom. The number of benzene rings is 1. The van der Waals surface area contributed by atoms with Crippen molar-refractivity contribution in [3.63, 3.8) is 0 Å². The summed E-state index contributed by atoms with van der Waals surface area (Å²) in [6, 6.07) is 4.61. The van der Waals surface area contributed by atoms with E-state index in [1.807, 2.05) is 26.8 Å². The minimum Gasteiger partial charge on any atom is -0.372 e. The number of ether oxygens (including phenoxy) is 1. The van der Waals surface area contributed by atoms with Crippen molar-refractivity contribution in [2.45, 2.75) is 64.3 Å². The molecule has 0 spiro atoms. The number of carbonyl (C=O) groups is 4. The van der Waals surface area contributed by atoms with Gasteiger partial charge in [-0.1, -0.05) is 18.2 Å². The molecule has 11 heteroatoms. The van der Waals surface area contributed by atoms with Crippen LogP contribution in [0.5, 0.6) is 0 Å². The van der Waals surface area contributed by atoms with Gasteiger partial charge in [-0.05, 0) is 44.4 Å². The molecule has 2 fully saturated rings. The van der Waals surface area contributed by atoms with Crippen LogP contribution in [0.15, 0.2) is 24.4 Å². The molecule has 2 aromatic rings. The molecule has 1 aromatic heterocycles. The number of piperidine rings is 1. The molecule has 4 amide bonds. The fraction of sp³-hybridized carbons (Fsp3) is 0.500. The maximum Gasteiger partial charge on any atom is 0.276 e. The number of hydrogen-bond acceptors (Lipinski definition) is 7. The highest BCUT2D eigenvalue weighted by molar-refractivity contribution is 6.05. The van der Waals surface area contributed by atoms with E-state index in [0.717, 1.165) is 12.0 Å². The lowest BCUT2D eigenvalue weighted by molar-refractivity contribution is -0.136. The second-order valence-corrected chi connectivity index (χ2v) is 9.86. The Bertz CT molecular complexity index is 1220. The predicted octanol–water partition coefficient (Wildman–Crippen LogP) is 1.06. The van der Waals surface area contributed by atoms with Gasteiger partial charge in [0.1, 0.15) is 6.04 Å². The van der Waals surface area contributed by atoms with Crippen molar-refractivity contribution in [3.05, 3.63) is 41.2 Å². The summed E-state index contributed by atoms with van der Waals surface area (Å²) < 4.78 is 7.34. The number of hydrogen-bond donors (Lipinski definition) is 1. The molecule has 11 nitrogen and oxygen atoms in total. The Morgan fingerprint density at radius 1 is 1.26 bits per heavy atom. The first-order valence-electron chi connectivity index (χ1n) is 11.8. The van der Waals surface area contributed by atoms with E-state index in [1.165, 1.54) is 9.58 Å². The molecular weight excluding hydrogens is 452 g/mol. The molecule has 3 aliphatic heterocycles. The van der Waals surface area contributed by atoms with Gasteiger partial charge in [-0.25, -0.2) is 4.68 Å². The number of nitrogens with zero attached hydrogens (tertiary/aromatic N) is 5. The number of rotatable bonds is 4. The van der Waals surface area contributed by atoms with Gasteiger partial charge >= 0.3 is 0 Å². The van der Waals surface area contributed by atoms with Crippen molar-refractivity contribution in [2.24, 2.45) is 0 Å². The lowest BCUT2D eigenvalue weighted by atomic mass is 10.0. The quantitative estimate of drug-likeness (QED) is 0.648. The molecule has 35 heavy (non-hydrogen) atoms. The molecule has 2 atom stereocenters. The maximum atomic E-state index is 13.2. The van der Waals surface area contributed by atoms with Crippen LogP contribution in [0.25, 0.3) is 5.69 Å². The van der Waals surface area contributed by atoms with Crippen LogP contribution in [-0.2, 0) is 20.9 Å².